The minimum absolute atomic E-state index is 0.112. The van der Waals surface area contributed by atoms with Gasteiger partial charge in [0.25, 0.3) is 0 Å². The second kappa shape index (κ2) is 8.19. The van der Waals surface area contributed by atoms with Crippen molar-refractivity contribution >= 4 is 39.0 Å². The summed E-state index contributed by atoms with van der Waals surface area (Å²) in [4.78, 5) is 18.6. The molecule has 2 atom stereocenters. The van der Waals surface area contributed by atoms with Crippen LogP contribution in [0.5, 0.6) is 17.2 Å². The molecule has 2 aliphatic rings. The molecular weight excluding hydrogens is 478 g/mol. The van der Waals surface area contributed by atoms with Gasteiger partial charge < -0.3 is 28.8 Å². The van der Waals surface area contributed by atoms with Crippen molar-refractivity contribution in [2.24, 2.45) is 0 Å². The molecule has 10 heteroatoms. The number of rotatable bonds is 4. The molecule has 2 N–H and O–H groups in total. The van der Waals surface area contributed by atoms with E-state index in [-0.39, 0.29) is 13.0 Å². The zero-order valence-corrected chi connectivity index (χ0v) is 20.0. The van der Waals surface area contributed by atoms with Gasteiger partial charge in [-0.2, -0.15) is 0 Å². The second-order valence-electron chi connectivity index (χ2n) is 8.31. The van der Waals surface area contributed by atoms with Crippen molar-refractivity contribution in [2.45, 2.75) is 12.6 Å². The van der Waals surface area contributed by atoms with Gasteiger partial charge in [-0.25, -0.2) is 9.78 Å². The normalized spacial score (nSPS) is 18.7. The van der Waals surface area contributed by atoms with Crippen LogP contribution in [-0.2, 0) is 6.42 Å². The Hall–Kier alpha value is -3.27. The highest BCUT2D eigenvalue weighted by atomic mass is 35.5. The van der Waals surface area contributed by atoms with Gasteiger partial charge in [-0.05, 0) is 35.9 Å². The molecular formula is C24H21ClN3O5S+. The lowest BCUT2D eigenvalue weighted by atomic mass is 9.95. The first-order valence-corrected chi connectivity index (χ1v) is 12.0. The third-order valence-corrected chi connectivity index (χ3v) is 7.27. The third-order valence-electron chi connectivity index (χ3n) is 6.26. The summed E-state index contributed by atoms with van der Waals surface area (Å²) in [6.45, 7) is 1.12. The van der Waals surface area contributed by atoms with Crippen molar-refractivity contribution in [3.8, 4) is 28.5 Å². The van der Waals surface area contributed by atoms with E-state index in [0.29, 0.717) is 44.2 Å². The summed E-state index contributed by atoms with van der Waals surface area (Å²) in [6, 6.07) is 8.96. The van der Waals surface area contributed by atoms with Crippen LogP contribution >= 0.6 is 22.9 Å². The fourth-order valence-electron chi connectivity index (χ4n) is 4.58. The predicted octanol–water partition coefficient (Wildman–Crippen LogP) is 3.49. The number of hydrogen-bond donors (Lipinski definition) is 2. The van der Waals surface area contributed by atoms with Crippen LogP contribution in [0.3, 0.4) is 0 Å². The number of ether oxygens (including phenoxy) is 3. The molecule has 0 amide bonds. The van der Waals surface area contributed by atoms with Gasteiger partial charge in [-0.15, -0.1) is 11.3 Å². The topological polar surface area (TPSA) is 87.3 Å². The first kappa shape index (κ1) is 21.3. The zero-order valence-electron chi connectivity index (χ0n) is 18.4. The predicted molar refractivity (Wildman–Crippen MR) is 130 cm³/mol. The standard InChI is InChI=1S/C24H20ClN3O5S/c1-28-6-5-12-9-18-20(32-11-31-18)21(30-2)19(12)22(28)27-24-26-16(10-34-24)15-8-13-7-14(25)3-4-17(13)33-23(15)29/h3-4,7-10,22H,5-6,11H2,1-2H3,(H,26,27)/p+1/t22-/m0/s1. The summed E-state index contributed by atoms with van der Waals surface area (Å²) < 4.78 is 22.5. The molecule has 0 fully saturated rings. The molecule has 0 aliphatic carbocycles. The molecule has 0 saturated carbocycles. The van der Waals surface area contributed by atoms with E-state index in [4.69, 9.17) is 35.2 Å². The Kier molecular flexibility index (Phi) is 5.13. The Morgan fingerprint density at radius 2 is 2.15 bits per heavy atom. The minimum atomic E-state index is -0.438. The number of nitrogens with one attached hydrogen (secondary N) is 2. The van der Waals surface area contributed by atoms with Gasteiger partial charge in [-0.3, -0.25) is 0 Å². The van der Waals surface area contributed by atoms with Gasteiger partial charge in [0.05, 0.1) is 37.5 Å². The number of halogens is 1. The number of nitrogens with zero attached hydrogens (tertiary/aromatic N) is 1. The largest absolute Gasteiger partial charge is 0.492 e. The maximum Gasteiger partial charge on any atom is 0.345 e. The first-order chi connectivity index (χ1) is 16.5. The Bertz CT molecular complexity index is 1480. The smallest absolute Gasteiger partial charge is 0.345 e. The van der Waals surface area contributed by atoms with Crippen molar-refractivity contribution in [3.63, 3.8) is 0 Å². The summed E-state index contributed by atoms with van der Waals surface area (Å²) in [6.07, 6.45) is 0.787. The highest BCUT2D eigenvalue weighted by Gasteiger charge is 2.37. The molecule has 0 spiro atoms. The molecule has 6 rings (SSSR count). The highest BCUT2D eigenvalue weighted by molar-refractivity contribution is 7.14. The lowest BCUT2D eigenvalue weighted by molar-refractivity contribution is -0.910. The van der Waals surface area contributed by atoms with Crippen LogP contribution in [0.25, 0.3) is 22.2 Å². The fraction of sp³-hybridized carbons (Fsp3) is 0.250. The van der Waals surface area contributed by atoms with Crippen molar-refractivity contribution in [1.29, 1.82) is 0 Å². The van der Waals surface area contributed by atoms with Crippen molar-refractivity contribution in [2.75, 3.05) is 32.8 Å². The number of benzene rings is 2. The summed E-state index contributed by atoms with van der Waals surface area (Å²) in [5.74, 6) is 2.04. The van der Waals surface area contributed by atoms with Gasteiger partial charge in [0.15, 0.2) is 22.8 Å². The Morgan fingerprint density at radius 3 is 3.00 bits per heavy atom. The molecule has 8 nitrogen and oxygen atoms in total. The summed E-state index contributed by atoms with van der Waals surface area (Å²) in [5, 5.41) is 7.41. The van der Waals surface area contributed by atoms with Crippen LogP contribution in [0, 0.1) is 0 Å². The minimum Gasteiger partial charge on any atom is -0.492 e. The van der Waals surface area contributed by atoms with Crippen molar-refractivity contribution in [3.05, 3.63) is 62.3 Å². The lowest BCUT2D eigenvalue weighted by Gasteiger charge is -2.33. The number of anilines is 1. The number of aromatic nitrogens is 1. The van der Waals surface area contributed by atoms with E-state index >= 15 is 0 Å². The monoisotopic (exact) mass is 498 g/mol. The van der Waals surface area contributed by atoms with E-state index in [9.17, 15) is 4.79 Å². The molecule has 4 heterocycles. The Morgan fingerprint density at radius 1 is 1.26 bits per heavy atom. The summed E-state index contributed by atoms with van der Waals surface area (Å²) in [5.41, 5.74) is 3.19. The van der Waals surface area contributed by atoms with Crippen molar-refractivity contribution in [1.82, 2.24) is 4.98 Å². The van der Waals surface area contributed by atoms with Crippen LogP contribution in [0.1, 0.15) is 17.3 Å². The van der Waals surface area contributed by atoms with Gasteiger partial charge in [0, 0.05) is 22.2 Å². The number of fused-ring (bicyclic) bond motifs is 3. The van der Waals surface area contributed by atoms with E-state index in [0.717, 1.165) is 29.5 Å². The van der Waals surface area contributed by atoms with E-state index in [2.05, 4.69) is 12.4 Å². The van der Waals surface area contributed by atoms with E-state index in [1.807, 2.05) is 11.4 Å². The van der Waals surface area contributed by atoms with Gasteiger partial charge in [-0.1, -0.05) is 11.6 Å². The van der Waals surface area contributed by atoms with Gasteiger partial charge >= 0.3 is 5.63 Å². The van der Waals surface area contributed by atoms with E-state index in [1.165, 1.54) is 16.2 Å². The summed E-state index contributed by atoms with van der Waals surface area (Å²) in [7, 11) is 3.77. The van der Waals surface area contributed by atoms with Gasteiger partial charge in [0.2, 0.25) is 12.5 Å². The van der Waals surface area contributed by atoms with Crippen LogP contribution in [0.4, 0.5) is 5.13 Å². The Balaban J connectivity index is 1.37. The van der Waals surface area contributed by atoms with Crippen LogP contribution in [0.15, 0.2) is 44.9 Å². The van der Waals surface area contributed by atoms with E-state index in [1.54, 1.807) is 31.4 Å². The van der Waals surface area contributed by atoms with Crippen molar-refractivity contribution < 1.29 is 23.5 Å². The quantitative estimate of drug-likeness (QED) is 0.416. The number of quaternary nitrogens is 1. The molecule has 174 valence electrons. The molecule has 2 aromatic heterocycles. The molecule has 2 aliphatic heterocycles. The first-order valence-electron chi connectivity index (χ1n) is 10.8. The molecule has 1 unspecified atom stereocenters. The van der Waals surface area contributed by atoms with Crippen LogP contribution < -0.4 is 30.1 Å². The third kappa shape index (κ3) is 3.48. The molecule has 0 saturated heterocycles. The molecule has 4 aromatic rings. The molecule has 0 radical (unpaired) electrons. The number of likely N-dealkylation sites (N-methyl/N-ethyl adjacent to an activating group) is 1. The zero-order chi connectivity index (χ0) is 23.4. The fourth-order valence-corrected chi connectivity index (χ4v) is 5.50. The average molecular weight is 499 g/mol. The number of thiazole rings is 1. The number of methoxy groups -OCH3 is 1. The molecule has 0 bridgehead atoms. The molecule has 2 aromatic carbocycles. The van der Waals surface area contributed by atoms with Crippen LogP contribution in [-0.4, -0.2) is 32.5 Å². The maximum atomic E-state index is 12.6. The summed E-state index contributed by atoms with van der Waals surface area (Å²) >= 11 is 7.54. The second-order valence-corrected chi connectivity index (χ2v) is 9.60. The average Bonchev–Trinajstić information content (AvgIpc) is 3.49. The molecule has 34 heavy (non-hydrogen) atoms. The maximum absolute atomic E-state index is 12.6. The Labute approximate surface area is 203 Å². The highest BCUT2D eigenvalue weighted by Crippen LogP contribution is 2.47. The van der Waals surface area contributed by atoms with Gasteiger partial charge in [0.1, 0.15) is 5.58 Å². The SMILES string of the molecule is COc1c2c(cc3c1[C@@H](Nc1nc(-c4cc5cc(Cl)ccc5oc4=O)cs1)[NH+](C)CC3)OCO2. The van der Waals surface area contributed by atoms with Crippen LogP contribution in [0.2, 0.25) is 5.02 Å². The van der Waals surface area contributed by atoms with E-state index < -0.39 is 5.63 Å². The lowest BCUT2D eigenvalue weighted by Crippen LogP contribution is -3.11. The number of hydrogen-bond acceptors (Lipinski definition) is 8.